The number of carboxylic acids is 1. The number of aromatic carboxylic acids is 1. The topological polar surface area (TPSA) is 49.8 Å². The summed E-state index contributed by atoms with van der Waals surface area (Å²) in [5, 5.41) is 8.82. The van der Waals surface area contributed by atoms with E-state index in [4.69, 9.17) is 9.84 Å². The van der Waals surface area contributed by atoms with E-state index in [-0.39, 0.29) is 5.56 Å². The molecule has 1 N–H and O–H groups in total. The number of carboxylic acid groups (broad SMARTS) is 1. The van der Waals surface area contributed by atoms with Crippen LogP contribution in [0.1, 0.15) is 15.9 Å². The molecular weight excluding hydrogens is 225 g/mol. The fraction of sp³-hybridized carbons (Fsp3) is 0.417. The van der Waals surface area contributed by atoms with Gasteiger partial charge in [0.2, 0.25) is 0 Å². The lowest BCUT2D eigenvalue weighted by Crippen LogP contribution is -2.35. The van der Waals surface area contributed by atoms with Gasteiger partial charge in [0, 0.05) is 19.6 Å². The number of hydrogen-bond acceptors (Lipinski definition) is 3. The number of morpholine rings is 1. The van der Waals surface area contributed by atoms with Gasteiger partial charge in [-0.2, -0.15) is 0 Å². The number of benzene rings is 1. The Morgan fingerprint density at radius 2 is 2.12 bits per heavy atom. The molecule has 0 atom stereocenters. The van der Waals surface area contributed by atoms with Gasteiger partial charge in [-0.1, -0.05) is 6.07 Å². The SMILES string of the molecule is O=C(O)c1cc(CN2CCOCC2)ccc1F. The van der Waals surface area contributed by atoms with Gasteiger partial charge in [0.15, 0.2) is 0 Å². The van der Waals surface area contributed by atoms with Crippen LogP contribution < -0.4 is 0 Å². The second kappa shape index (κ2) is 5.25. The molecule has 1 heterocycles. The smallest absolute Gasteiger partial charge is 0.338 e. The van der Waals surface area contributed by atoms with Gasteiger partial charge in [0.1, 0.15) is 5.82 Å². The maximum atomic E-state index is 13.2. The van der Waals surface area contributed by atoms with Crippen LogP contribution in [0.15, 0.2) is 18.2 Å². The van der Waals surface area contributed by atoms with Crippen molar-refractivity contribution in [3.63, 3.8) is 0 Å². The van der Waals surface area contributed by atoms with Crippen molar-refractivity contribution < 1.29 is 19.0 Å². The first kappa shape index (κ1) is 12.0. The van der Waals surface area contributed by atoms with E-state index >= 15 is 0 Å². The predicted molar refractivity (Wildman–Crippen MR) is 59.5 cm³/mol. The molecule has 0 bridgehead atoms. The highest BCUT2D eigenvalue weighted by Crippen LogP contribution is 2.13. The lowest BCUT2D eigenvalue weighted by molar-refractivity contribution is 0.0341. The van der Waals surface area contributed by atoms with Crippen LogP contribution in [0.25, 0.3) is 0 Å². The Labute approximate surface area is 98.6 Å². The molecular formula is C12H14FNO3. The van der Waals surface area contributed by atoms with Gasteiger partial charge in [-0.25, -0.2) is 9.18 Å². The third-order valence-electron chi connectivity index (χ3n) is 2.77. The van der Waals surface area contributed by atoms with Gasteiger partial charge in [0.05, 0.1) is 18.8 Å². The van der Waals surface area contributed by atoms with E-state index in [1.54, 1.807) is 6.07 Å². The summed E-state index contributed by atoms with van der Waals surface area (Å²) in [5.74, 6) is -1.92. The lowest BCUT2D eigenvalue weighted by atomic mass is 10.1. The highest BCUT2D eigenvalue weighted by atomic mass is 19.1. The number of rotatable bonds is 3. The first-order chi connectivity index (χ1) is 8.16. The van der Waals surface area contributed by atoms with Gasteiger partial charge in [-0.3, -0.25) is 4.90 Å². The molecule has 5 heteroatoms. The van der Waals surface area contributed by atoms with E-state index in [0.29, 0.717) is 19.8 Å². The largest absolute Gasteiger partial charge is 0.478 e. The Balaban J connectivity index is 2.10. The summed E-state index contributed by atoms with van der Waals surface area (Å²) >= 11 is 0. The number of ether oxygens (including phenoxy) is 1. The molecule has 92 valence electrons. The van der Waals surface area contributed by atoms with Gasteiger partial charge in [-0.05, 0) is 17.7 Å². The average molecular weight is 239 g/mol. The van der Waals surface area contributed by atoms with Gasteiger partial charge in [0.25, 0.3) is 0 Å². The minimum atomic E-state index is -1.23. The minimum absolute atomic E-state index is 0.268. The van der Waals surface area contributed by atoms with Gasteiger partial charge in [-0.15, -0.1) is 0 Å². The molecule has 4 nitrogen and oxygen atoms in total. The van der Waals surface area contributed by atoms with Gasteiger partial charge < -0.3 is 9.84 Å². The van der Waals surface area contributed by atoms with E-state index in [9.17, 15) is 9.18 Å². The highest BCUT2D eigenvalue weighted by molar-refractivity contribution is 5.88. The fourth-order valence-corrected chi connectivity index (χ4v) is 1.85. The van der Waals surface area contributed by atoms with Crippen molar-refractivity contribution in [1.29, 1.82) is 0 Å². The molecule has 0 radical (unpaired) electrons. The van der Waals surface area contributed by atoms with E-state index in [2.05, 4.69) is 4.90 Å². The summed E-state index contributed by atoms with van der Waals surface area (Å²) in [7, 11) is 0. The van der Waals surface area contributed by atoms with Crippen LogP contribution in [0, 0.1) is 5.82 Å². The van der Waals surface area contributed by atoms with Crippen molar-refractivity contribution in [3.8, 4) is 0 Å². The average Bonchev–Trinajstić information content (AvgIpc) is 2.32. The number of carbonyl (C=O) groups is 1. The van der Waals surface area contributed by atoms with E-state index < -0.39 is 11.8 Å². The summed E-state index contributed by atoms with van der Waals surface area (Å²) in [4.78, 5) is 12.9. The van der Waals surface area contributed by atoms with Crippen molar-refractivity contribution in [2.24, 2.45) is 0 Å². The molecule has 17 heavy (non-hydrogen) atoms. The van der Waals surface area contributed by atoms with Crippen LogP contribution in [-0.4, -0.2) is 42.3 Å². The molecule has 0 aromatic heterocycles. The van der Waals surface area contributed by atoms with E-state index in [0.717, 1.165) is 18.7 Å². The molecule has 1 aromatic rings. The first-order valence-corrected chi connectivity index (χ1v) is 5.48. The maximum absolute atomic E-state index is 13.2. The molecule has 1 aliphatic rings. The Bertz CT molecular complexity index is 416. The molecule has 0 amide bonds. The third kappa shape index (κ3) is 3.01. The van der Waals surface area contributed by atoms with Crippen LogP contribution in [-0.2, 0) is 11.3 Å². The zero-order valence-corrected chi connectivity index (χ0v) is 9.36. The molecule has 0 spiro atoms. The maximum Gasteiger partial charge on any atom is 0.338 e. The van der Waals surface area contributed by atoms with Crippen molar-refractivity contribution in [2.75, 3.05) is 26.3 Å². The molecule has 0 aliphatic carbocycles. The standard InChI is InChI=1S/C12H14FNO3/c13-11-2-1-9(7-10(11)12(15)16)8-14-3-5-17-6-4-14/h1-2,7H,3-6,8H2,(H,15,16). The molecule has 0 unspecified atom stereocenters. The number of nitrogens with zero attached hydrogens (tertiary/aromatic N) is 1. The van der Waals surface area contributed by atoms with Crippen LogP contribution >= 0.6 is 0 Å². The van der Waals surface area contributed by atoms with Crippen LogP contribution in [0.5, 0.6) is 0 Å². The first-order valence-electron chi connectivity index (χ1n) is 5.48. The highest BCUT2D eigenvalue weighted by Gasteiger charge is 2.14. The Morgan fingerprint density at radius 1 is 1.41 bits per heavy atom. The fourth-order valence-electron chi connectivity index (χ4n) is 1.85. The second-order valence-corrected chi connectivity index (χ2v) is 4.01. The predicted octanol–water partition coefficient (Wildman–Crippen LogP) is 1.36. The zero-order valence-electron chi connectivity index (χ0n) is 9.36. The third-order valence-corrected chi connectivity index (χ3v) is 2.77. The van der Waals surface area contributed by atoms with Crippen LogP contribution in [0.3, 0.4) is 0 Å². The second-order valence-electron chi connectivity index (χ2n) is 4.01. The molecule has 1 aliphatic heterocycles. The summed E-state index contributed by atoms with van der Waals surface area (Å²) in [6, 6.07) is 4.23. The summed E-state index contributed by atoms with van der Waals surface area (Å²) < 4.78 is 18.4. The van der Waals surface area contributed by atoms with Crippen molar-refractivity contribution >= 4 is 5.97 Å². The van der Waals surface area contributed by atoms with E-state index in [1.807, 2.05) is 0 Å². The minimum Gasteiger partial charge on any atom is -0.478 e. The molecule has 2 rings (SSSR count). The van der Waals surface area contributed by atoms with Crippen molar-refractivity contribution in [1.82, 2.24) is 4.90 Å². The number of hydrogen-bond donors (Lipinski definition) is 1. The lowest BCUT2D eigenvalue weighted by Gasteiger charge is -2.26. The van der Waals surface area contributed by atoms with Crippen LogP contribution in [0.2, 0.25) is 0 Å². The van der Waals surface area contributed by atoms with Gasteiger partial charge >= 0.3 is 5.97 Å². The molecule has 0 saturated carbocycles. The Hall–Kier alpha value is -1.46. The summed E-state index contributed by atoms with van der Waals surface area (Å²) in [6.45, 7) is 3.64. The zero-order chi connectivity index (χ0) is 12.3. The molecule has 1 saturated heterocycles. The molecule has 1 fully saturated rings. The quantitative estimate of drug-likeness (QED) is 0.865. The Morgan fingerprint density at radius 3 is 2.76 bits per heavy atom. The molecule has 1 aromatic carbocycles. The van der Waals surface area contributed by atoms with Crippen molar-refractivity contribution in [2.45, 2.75) is 6.54 Å². The van der Waals surface area contributed by atoms with E-state index in [1.165, 1.54) is 12.1 Å². The van der Waals surface area contributed by atoms with Crippen molar-refractivity contribution in [3.05, 3.63) is 35.1 Å². The number of halogens is 1. The Kier molecular flexibility index (Phi) is 3.71. The monoisotopic (exact) mass is 239 g/mol. The van der Waals surface area contributed by atoms with Crippen LogP contribution in [0.4, 0.5) is 4.39 Å². The summed E-state index contributed by atoms with van der Waals surface area (Å²) in [5.41, 5.74) is 0.543. The summed E-state index contributed by atoms with van der Waals surface area (Å²) in [6.07, 6.45) is 0. The normalized spacial score (nSPS) is 17.0.